The lowest BCUT2D eigenvalue weighted by atomic mass is 10.2. The van der Waals surface area contributed by atoms with Crippen LogP contribution in [0.25, 0.3) is 0 Å². The van der Waals surface area contributed by atoms with Gasteiger partial charge in [-0.2, -0.15) is 0 Å². The van der Waals surface area contributed by atoms with Gasteiger partial charge in [-0.3, -0.25) is 0 Å². The Balaban J connectivity index is 3.32. The van der Waals surface area contributed by atoms with Crippen LogP contribution >= 0.6 is 0 Å². The van der Waals surface area contributed by atoms with Crippen molar-refractivity contribution in [3.05, 3.63) is 12.1 Å². The van der Waals surface area contributed by atoms with Crippen LogP contribution in [0.3, 0.4) is 0 Å². The van der Waals surface area contributed by atoms with E-state index < -0.39 is 0 Å². The molecule has 0 amide bonds. The molecule has 1 rings (SSSR count). The van der Waals surface area contributed by atoms with Gasteiger partial charge in [0.2, 0.25) is 5.75 Å². The minimum atomic E-state index is 0.377. The Labute approximate surface area is 103 Å². The predicted octanol–water partition coefficient (Wildman–Crippen LogP) is 2.56. The molecule has 0 fully saturated rings. The van der Waals surface area contributed by atoms with Gasteiger partial charge in [0, 0.05) is 13.1 Å². The Kier molecular flexibility index (Phi) is 4.49. The standard InChI is InChI=1S/C13H21NO3/c1-9(2)14(3)10-7-8-11(15-4)13(17-6)12(10)16-5/h7-9H,1-6H3. The van der Waals surface area contributed by atoms with Crippen molar-refractivity contribution < 1.29 is 14.2 Å². The van der Waals surface area contributed by atoms with E-state index in [4.69, 9.17) is 14.2 Å². The molecule has 0 aliphatic rings. The third kappa shape index (κ3) is 2.57. The van der Waals surface area contributed by atoms with E-state index >= 15 is 0 Å². The van der Waals surface area contributed by atoms with Gasteiger partial charge in [0.15, 0.2) is 11.5 Å². The number of benzene rings is 1. The first-order valence-corrected chi connectivity index (χ1v) is 5.58. The first-order chi connectivity index (χ1) is 8.06. The molecule has 0 aliphatic heterocycles. The number of anilines is 1. The summed E-state index contributed by atoms with van der Waals surface area (Å²) >= 11 is 0. The van der Waals surface area contributed by atoms with Crippen LogP contribution in [0.5, 0.6) is 17.2 Å². The highest BCUT2D eigenvalue weighted by Crippen LogP contribution is 2.44. The molecule has 96 valence electrons. The van der Waals surface area contributed by atoms with Crippen molar-refractivity contribution in [3.63, 3.8) is 0 Å². The van der Waals surface area contributed by atoms with Crippen molar-refractivity contribution in [2.75, 3.05) is 33.3 Å². The molecule has 1 aromatic rings. The highest BCUT2D eigenvalue weighted by molar-refractivity contribution is 5.69. The summed E-state index contributed by atoms with van der Waals surface area (Å²) in [4.78, 5) is 2.13. The van der Waals surface area contributed by atoms with E-state index in [9.17, 15) is 0 Å². The molecule has 0 spiro atoms. The van der Waals surface area contributed by atoms with Crippen LogP contribution < -0.4 is 19.1 Å². The summed E-state index contributed by atoms with van der Waals surface area (Å²) in [5, 5.41) is 0. The second-order valence-electron chi connectivity index (χ2n) is 4.06. The first-order valence-electron chi connectivity index (χ1n) is 5.58. The highest BCUT2D eigenvalue weighted by Gasteiger charge is 2.19. The fourth-order valence-corrected chi connectivity index (χ4v) is 1.64. The van der Waals surface area contributed by atoms with E-state index in [0.717, 1.165) is 5.69 Å². The zero-order chi connectivity index (χ0) is 13.0. The Morgan fingerprint density at radius 1 is 0.941 bits per heavy atom. The van der Waals surface area contributed by atoms with Crippen molar-refractivity contribution >= 4 is 5.69 Å². The summed E-state index contributed by atoms with van der Waals surface area (Å²) in [5.74, 6) is 1.99. The third-order valence-corrected chi connectivity index (χ3v) is 2.84. The predicted molar refractivity (Wildman–Crippen MR) is 69.6 cm³/mol. The average molecular weight is 239 g/mol. The minimum Gasteiger partial charge on any atom is -0.493 e. The molecule has 0 atom stereocenters. The number of ether oxygens (including phenoxy) is 3. The molecule has 17 heavy (non-hydrogen) atoms. The number of hydrogen-bond donors (Lipinski definition) is 0. The van der Waals surface area contributed by atoms with Gasteiger partial charge < -0.3 is 19.1 Å². The summed E-state index contributed by atoms with van der Waals surface area (Å²) in [5.41, 5.74) is 0.986. The Morgan fingerprint density at radius 2 is 1.53 bits per heavy atom. The van der Waals surface area contributed by atoms with Gasteiger partial charge in [0.1, 0.15) is 0 Å². The van der Waals surface area contributed by atoms with Gasteiger partial charge in [-0.25, -0.2) is 0 Å². The van der Waals surface area contributed by atoms with E-state index in [0.29, 0.717) is 23.3 Å². The molecule has 0 unspecified atom stereocenters. The van der Waals surface area contributed by atoms with E-state index in [-0.39, 0.29) is 0 Å². The number of rotatable bonds is 5. The van der Waals surface area contributed by atoms with E-state index in [1.54, 1.807) is 21.3 Å². The molecule has 0 radical (unpaired) electrons. The smallest absolute Gasteiger partial charge is 0.205 e. The van der Waals surface area contributed by atoms with E-state index in [2.05, 4.69) is 18.7 Å². The summed E-state index contributed by atoms with van der Waals surface area (Å²) in [6, 6.07) is 4.23. The van der Waals surface area contributed by atoms with Gasteiger partial charge in [0.25, 0.3) is 0 Å². The maximum absolute atomic E-state index is 5.43. The Bertz CT molecular complexity index is 377. The van der Waals surface area contributed by atoms with E-state index in [1.807, 2.05) is 19.2 Å². The lowest BCUT2D eigenvalue weighted by Crippen LogP contribution is -2.26. The fraction of sp³-hybridized carbons (Fsp3) is 0.538. The lowest BCUT2D eigenvalue weighted by Gasteiger charge is -2.27. The molecule has 4 nitrogen and oxygen atoms in total. The molecule has 1 aromatic carbocycles. The molecule has 0 N–H and O–H groups in total. The number of methoxy groups -OCH3 is 3. The topological polar surface area (TPSA) is 30.9 Å². The number of nitrogens with zero attached hydrogens (tertiary/aromatic N) is 1. The summed E-state index contributed by atoms with van der Waals surface area (Å²) < 4.78 is 16.0. The second kappa shape index (κ2) is 5.66. The molecule has 0 heterocycles. The van der Waals surface area contributed by atoms with Crippen LogP contribution in [-0.4, -0.2) is 34.4 Å². The molecular weight excluding hydrogens is 218 g/mol. The lowest BCUT2D eigenvalue weighted by molar-refractivity contribution is 0.324. The van der Waals surface area contributed by atoms with Gasteiger partial charge in [-0.15, -0.1) is 0 Å². The van der Waals surface area contributed by atoms with Crippen LogP contribution in [0.2, 0.25) is 0 Å². The normalized spacial score (nSPS) is 10.3. The number of hydrogen-bond acceptors (Lipinski definition) is 4. The summed E-state index contributed by atoms with van der Waals surface area (Å²) in [6.45, 7) is 4.24. The van der Waals surface area contributed by atoms with Crippen molar-refractivity contribution in [2.45, 2.75) is 19.9 Å². The van der Waals surface area contributed by atoms with Crippen LogP contribution in [0.4, 0.5) is 5.69 Å². The monoisotopic (exact) mass is 239 g/mol. The summed E-state index contributed by atoms with van der Waals surface area (Å²) in [7, 11) is 6.88. The van der Waals surface area contributed by atoms with Crippen molar-refractivity contribution in [3.8, 4) is 17.2 Å². The third-order valence-electron chi connectivity index (χ3n) is 2.84. The molecule has 0 aromatic heterocycles. The van der Waals surface area contributed by atoms with Crippen molar-refractivity contribution in [2.24, 2.45) is 0 Å². The zero-order valence-corrected chi connectivity index (χ0v) is 11.4. The van der Waals surface area contributed by atoms with Crippen LogP contribution in [0.1, 0.15) is 13.8 Å². The molecule has 0 bridgehead atoms. The SMILES string of the molecule is COc1ccc(N(C)C(C)C)c(OC)c1OC. The fourth-order valence-electron chi connectivity index (χ4n) is 1.64. The maximum Gasteiger partial charge on any atom is 0.205 e. The second-order valence-corrected chi connectivity index (χ2v) is 4.06. The minimum absolute atomic E-state index is 0.377. The average Bonchev–Trinajstić information content (AvgIpc) is 2.35. The molecule has 0 aliphatic carbocycles. The van der Waals surface area contributed by atoms with Crippen molar-refractivity contribution in [1.29, 1.82) is 0 Å². The van der Waals surface area contributed by atoms with Crippen LogP contribution in [0, 0.1) is 0 Å². The largest absolute Gasteiger partial charge is 0.493 e. The molecule has 0 saturated carbocycles. The summed E-state index contributed by atoms with van der Waals surface area (Å²) in [6.07, 6.45) is 0. The molecule has 0 saturated heterocycles. The van der Waals surface area contributed by atoms with Gasteiger partial charge in [-0.1, -0.05) is 0 Å². The van der Waals surface area contributed by atoms with Crippen LogP contribution in [0.15, 0.2) is 12.1 Å². The Morgan fingerprint density at radius 3 is 1.94 bits per heavy atom. The van der Waals surface area contributed by atoms with Gasteiger partial charge in [0.05, 0.1) is 27.0 Å². The van der Waals surface area contributed by atoms with Gasteiger partial charge in [-0.05, 0) is 26.0 Å². The van der Waals surface area contributed by atoms with Gasteiger partial charge >= 0.3 is 0 Å². The maximum atomic E-state index is 5.43. The first kappa shape index (κ1) is 13.5. The molecular formula is C13H21NO3. The quantitative estimate of drug-likeness (QED) is 0.790. The van der Waals surface area contributed by atoms with Crippen molar-refractivity contribution in [1.82, 2.24) is 0 Å². The highest BCUT2D eigenvalue weighted by atomic mass is 16.5. The molecule has 4 heteroatoms. The zero-order valence-electron chi connectivity index (χ0n) is 11.4. The van der Waals surface area contributed by atoms with E-state index in [1.165, 1.54) is 0 Å². The Hall–Kier alpha value is -1.58. The van der Waals surface area contributed by atoms with Crippen LogP contribution in [-0.2, 0) is 0 Å².